The number of hydrogen-bond donors (Lipinski definition) is 0. The smallest absolute Gasteiger partial charge is 0.341 e. The van der Waals surface area contributed by atoms with Crippen molar-refractivity contribution < 1.29 is 19.1 Å². The Labute approximate surface area is 135 Å². The highest BCUT2D eigenvalue weighted by Crippen LogP contribution is 2.24. The van der Waals surface area contributed by atoms with Gasteiger partial charge in [0.2, 0.25) is 0 Å². The van der Waals surface area contributed by atoms with Crippen LogP contribution < -0.4 is 4.74 Å². The number of esters is 1. The molecule has 0 bridgehead atoms. The fourth-order valence-electron chi connectivity index (χ4n) is 2.54. The highest BCUT2D eigenvalue weighted by Gasteiger charge is 2.22. The molecule has 0 aromatic heterocycles. The average molecular weight is 326 g/mol. The number of likely N-dealkylation sites (tertiary alicyclic amines) is 1. The van der Waals surface area contributed by atoms with Crippen LogP contribution in [0.15, 0.2) is 18.2 Å². The van der Waals surface area contributed by atoms with E-state index in [9.17, 15) is 9.59 Å². The monoisotopic (exact) mass is 325 g/mol. The first-order chi connectivity index (χ1) is 10.5. The summed E-state index contributed by atoms with van der Waals surface area (Å²) in [6, 6.07) is 4.65. The van der Waals surface area contributed by atoms with Gasteiger partial charge in [-0.2, -0.15) is 0 Å². The molecule has 0 spiro atoms. The molecule has 6 heteroatoms. The predicted octanol–water partition coefficient (Wildman–Crippen LogP) is 2.76. The Bertz CT molecular complexity index is 561. The number of hydrogen-bond acceptors (Lipinski definition) is 4. The lowest BCUT2D eigenvalue weighted by Crippen LogP contribution is -2.41. The van der Waals surface area contributed by atoms with Gasteiger partial charge < -0.3 is 14.4 Å². The second-order valence-electron chi connectivity index (χ2n) is 5.51. The van der Waals surface area contributed by atoms with Crippen molar-refractivity contribution in [2.45, 2.75) is 19.8 Å². The van der Waals surface area contributed by atoms with Crippen molar-refractivity contribution in [2.75, 3.05) is 26.8 Å². The second-order valence-corrected chi connectivity index (χ2v) is 5.94. The maximum absolute atomic E-state index is 12.2. The summed E-state index contributed by atoms with van der Waals surface area (Å²) in [5.41, 5.74) is 0.217. The van der Waals surface area contributed by atoms with E-state index in [0.717, 1.165) is 25.9 Å². The van der Waals surface area contributed by atoms with Gasteiger partial charge >= 0.3 is 5.97 Å². The molecule has 0 N–H and O–H groups in total. The van der Waals surface area contributed by atoms with Gasteiger partial charge in [0.25, 0.3) is 5.91 Å². The fourth-order valence-corrected chi connectivity index (χ4v) is 2.72. The summed E-state index contributed by atoms with van der Waals surface area (Å²) in [6.07, 6.45) is 2.16. The Morgan fingerprint density at radius 2 is 2.18 bits per heavy atom. The van der Waals surface area contributed by atoms with Gasteiger partial charge in [0.05, 0.1) is 7.11 Å². The number of nitrogens with zero attached hydrogens (tertiary/aromatic N) is 1. The van der Waals surface area contributed by atoms with Gasteiger partial charge in [0.15, 0.2) is 6.61 Å². The van der Waals surface area contributed by atoms with Crippen LogP contribution in [0.25, 0.3) is 0 Å². The minimum absolute atomic E-state index is 0.0719. The van der Waals surface area contributed by atoms with E-state index in [1.165, 1.54) is 13.2 Å². The van der Waals surface area contributed by atoms with Crippen molar-refractivity contribution in [3.63, 3.8) is 0 Å². The zero-order chi connectivity index (χ0) is 16.1. The van der Waals surface area contributed by atoms with Crippen LogP contribution in [0.4, 0.5) is 0 Å². The molecule has 1 atom stereocenters. The molecule has 2 rings (SSSR count). The van der Waals surface area contributed by atoms with E-state index < -0.39 is 5.97 Å². The van der Waals surface area contributed by atoms with Crippen molar-refractivity contribution in [2.24, 2.45) is 5.92 Å². The molecule has 0 saturated carbocycles. The highest BCUT2D eigenvalue weighted by atomic mass is 35.5. The first kappa shape index (κ1) is 16.6. The Balaban J connectivity index is 2.02. The van der Waals surface area contributed by atoms with E-state index in [1.54, 1.807) is 12.1 Å². The summed E-state index contributed by atoms with van der Waals surface area (Å²) in [6.45, 7) is 3.55. The van der Waals surface area contributed by atoms with Crippen molar-refractivity contribution in [3.05, 3.63) is 28.8 Å². The molecule has 22 heavy (non-hydrogen) atoms. The van der Waals surface area contributed by atoms with E-state index in [-0.39, 0.29) is 18.1 Å². The van der Waals surface area contributed by atoms with E-state index in [4.69, 9.17) is 21.1 Å². The van der Waals surface area contributed by atoms with Gasteiger partial charge in [-0.15, -0.1) is 0 Å². The van der Waals surface area contributed by atoms with E-state index >= 15 is 0 Å². The Kier molecular flexibility index (Phi) is 5.66. The van der Waals surface area contributed by atoms with Gasteiger partial charge in [0.1, 0.15) is 11.3 Å². The lowest BCUT2D eigenvalue weighted by Gasteiger charge is -2.30. The number of benzene rings is 1. The third kappa shape index (κ3) is 4.13. The van der Waals surface area contributed by atoms with Gasteiger partial charge in [-0.25, -0.2) is 4.79 Å². The molecule has 1 saturated heterocycles. The Morgan fingerprint density at radius 3 is 2.86 bits per heavy atom. The average Bonchev–Trinajstić information content (AvgIpc) is 2.52. The van der Waals surface area contributed by atoms with Crippen LogP contribution in [0, 0.1) is 5.92 Å². The lowest BCUT2D eigenvalue weighted by molar-refractivity contribution is -0.135. The quantitative estimate of drug-likeness (QED) is 0.799. The van der Waals surface area contributed by atoms with E-state index in [1.807, 2.05) is 4.90 Å². The van der Waals surface area contributed by atoms with Crippen molar-refractivity contribution in [3.8, 4) is 5.75 Å². The van der Waals surface area contributed by atoms with Crippen LogP contribution in [0.5, 0.6) is 5.75 Å². The summed E-state index contributed by atoms with van der Waals surface area (Å²) in [7, 11) is 1.29. The Hall–Kier alpha value is -1.75. The number of amides is 1. The van der Waals surface area contributed by atoms with Crippen LogP contribution in [-0.4, -0.2) is 43.6 Å². The molecule has 5 nitrogen and oxygen atoms in total. The molecule has 0 unspecified atom stereocenters. The topological polar surface area (TPSA) is 55.8 Å². The minimum atomic E-state index is -0.545. The first-order valence-corrected chi connectivity index (χ1v) is 7.67. The molecular weight excluding hydrogens is 306 g/mol. The SMILES string of the molecule is COC(=O)c1cc(Cl)ccc1OCC(=O)N1CCC[C@@H](C)C1. The van der Waals surface area contributed by atoms with E-state index in [0.29, 0.717) is 16.7 Å². The van der Waals surface area contributed by atoms with Crippen molar-refractivity contribution in [1.29, 1.82) is 0 Å². The molecule has 120 valence electrons. The third-order valence-electron chi connectivity index (χ3n) is 3.71. The van der Waals surface area contributed by atoms with E-state index in [2.05, 4.69) is 6.92 Å². The molecule has 1 aliphatic heterocycles. The van der Waals surface area contributed by atoms with Crippen LogP contribution in [-0.2, 0) is 9.53 Å². The maximum atomic E-state index is 12.2. The highest BCUT2D eigenvalue weighted by molar-refractivity contribution is 6.31. The standard InChI is InChI=1S/C16H20ClNO4/c1-11-4-3-7-18(9-11)15(19)10-22-14-6-5-12(17)8-13(14)16(20)21-2/h5-6,8,11H,3-4,7,9-10H2,1-2H3/t11-/m1/s1. The summed E-state index contributed by atoms with van der Waals surface area (Å²) < 4.78 is 10.2. The Morgan fingerprint density at radius 1 is 1.41 bits per heavy atom. The summed E-state index contributed by atoms with van der Waals surface area (Å²) in [4.78, 5) is 25.7. The fraction of sp³-hybridized carbons (Fsp3) is 0.500. The second kappa shape index (κ2) is 7.49. The van der Waals surface area contributed by atoms with Crippen LogP contribution in [0.1, 0.15) is 30.1 Å². The van der Waals surface area contributed by atoms with Crippen molar-refractivity contribution >= 4 is 23.5 Å². The molecule has 1 aliphatic rings. The predicted molar refractivity (Wildman–Crippen MR) is 83.3 cm³/mol. The number of carbonyl (C=O) groups is 2. The zero-order valence-corrected chi connectivity index (χ0v) is 13.6. The summed E-state index contributed by atoms with van der Waals surface area (Å²) in [5.74, 6) is 0.197. The number of piperidine rings is 1. The molecule has 0 radical (unpaired) electrons. The number of rotatable bonds is 4. The normalized spacial score (nSPS) is 18.0. The molecule has 1 fully saturated rings. The van der Waals surface area contributed by atoms with Gasteiger partial charge in [0, 0.05) is 18.1 Å². The van der Waals surface area contributed by atoms with Gasteiger partial charge in [-0.1, -0.05) is 18.5 Å². The van der Waals surface area contributed by atoms with Gasteiger partial charge in [-0.05, 0) is 37.0 Å². The number of halogens is 1. The minimum Gasteiger partial charge on any atom is -0.483 e. The largest absolute Gasteiger partial charge is 0.483 e. The van der Waals surface area contributed by atoms with Gasteiger partial charge in [-0.3, -0.25) is 4.79 Å². The summed E-state index contributed by atoms with van der Waals surface area (Å²) in [5, 5.41) is 0.406. The molecule has 1 aromatic carbocycles. The molecule has 1 amide bonds. The first-order valence-electron chi connectivity index (χ1n) is 7.29. The third-order valence-corrected chi connectivity index (χ3v) is 3.94. The zero-order valence-electron chi connectivity index (χ0n) is 12.8. The molecular formula is C16H20ClNO4. The lowest BCUT2D eigenvalue weighted by atomic mass is 10.0. The number of carbonyl (C=O) groups excluding carboxylic acids is 2. The number of ether oxygens (including phenoxy) is 2. The molecule has 1 aromatic rings. The van der Waals surface area contributed by atoms with Crippen LogP contribution in [0.2, 0.25) is 5.02 Å². The summed E-state index contributed by atoms with van der Waals surface area (Å²) >= 11 is 5.88. The molecule has 0 aliphatic carbocycles. The van der Waals surface area contributed by atoms with Crippen molar-refractivity contribution in [1.82, 2.24) is 4.90 Å². The maximum Gasteiger partial charge on any atom is 0.341 e. The van der Waals surface area contributed by atoms with Crippen LogP contribution in [0.3, 0.4) is 0 Å². The number of methoxy groups -OCH3 is 1. The molecule has 1 heterocycles. The van der Waals surface area contributed by atoms with Crippen LogP contribution >= 0.6 is 11.6 Å².